The van der Waals surface area contributed by atoms with E-state index in [9.17, 15) is 9.59 Å². The summed E-state index contributed by atoms with van der Waals surface area (Å²) in [5.41, 5.74) is 0. The second-order valence-electron chi connectivity index (χ2n) is 6.51. The van der Waals surface area contributed by atoms with E-state index in [1.54, 1.807) is 19.4 Å². The minimum absolute atomic E-state index is 0.324. The van der Waals surface area contributed by atoms with Crippen LogP contribution in [-0.2, 0) is 11.3 Å². The number of rotatable bonds is 6. The van der Waals surface area contributed by atoms with Crippen molar-refractivity contribution >= 4 is 17.9 Å². The van der Waals surface area contributed by atoms with Gasteiger partial charge in [-0.1, -0.05) is 18.2 Å². The van der Waals surface area contributed by atoms with Gasteiger partial charge in [0.05, 0.1) is 12.8 Å². The Hall–Kier alpha value is -3.49. The molecule has 2 aliphatic rings. The van der Waals surface area contributed by atoms with Gasteiger partial charge in [0.1, 0.15) is 30.8 Å². The van der Waals surface area contributed by atoms with Crippen molar-refractivity contribution in [2.24, 2.45) is 4.99 Å². The SMILES string of the molecule is CN1C(=O)NC(=O)C2C1NC(=NCc1ccco1)N2CCOc1ccccc1. The molecule has 0 saturated carbocycles. The molecule has 2 aliphatic heterocycles. The normalized spacial score (nSPS) is 22.8. The number of amides is 3. The minimum atomic E-state index is -0.586. The van der Waals surface area contributed by atoms with Gasteiger partial charge in [-0.3, -0.25) is 10.1 Å². The number of hydrogen-bond donors (Lipinski definition) is 2. The lowest BCUT2D eigenvalue weighted by atomic mass is 10.1. The van der Waals surface area contributed by atoms with Crippen LogP contribution in [-0.4, -0.2) is 60.1 Å². The van der Waals surface area contributed by atoms with Crippen LogP contribution in [0.4, 0.5) is 4.79 Å². The number of hydrogen-bond acceptors (Lipinski definition) is 5. The number of nitrogens with zero attached hydrogens (tertiary/aromatic N) is 3. The third-order valence-corrected chi connectivity index (χ3v) is 4.73. The predicted molar refractivity (Wildman–Crippen MR) is 101 cm³/mol. The zero-order chi connectivity index (χ0) is 19.5. The highest BCUT2D eigenvalue weighted by Gasteiger charge is 2.49. The monoisotopic (exact) mass is 383 g/mol. The van der Waals surface area contributed by atoms with Gasteiger partial charge in [-0.25, -0.2) is 9.79 Å². The van der Waals surface area contributed by atoms with Gasteiger partial charge in [-0.05, 0) is 24.3 Å². The fourth-order valence-electron chi connectivity index (χ4n) is 3.30. The van der Waals surface area contributed by atoms with Crippen LogP contribution in [0.1, 0.15) is 5.76 Å². The quantitative estimate of drug-likeness (QED) is 0.772. The van der Waals surface area contributed by atoms with Crippen molar-refractivity contribution in [2.45, 2.75) is 18.8 Å². The van der Waals surface area contributed by atoms with Crippen molar-refractivity contribution in [3.8, 4) is 5.75 Å². The number of fused-ring (bicyclic) bond motifs is 1. The van der Waals surface area contributed by atoms with Crippen molar-refractivity contribution in [3.05, 3.63) is 54.5 Å². The van der Waals surface area contributed by atoms with Crippen molar-refractivity contribution < 1.29 is 18.7 Å². The highest BCUT2D eigenvalue weighted by Crippen LogP contribution is 2.21. The molecule has 2 aromatic rings. The summed E-state index contributed by atoms with van der Waals surface area (Å²) in [6.07, 6.45) is 1.09. The highest BCUT2D eigenvalue weighted by atomic mass is 16.5. The molecule has 28 heavy (non-hydrogen) atoms. The summed E-state index contributed by atoms with van der Waals surface area (Å²) < 4.78 is 11.1. The fraction of sp³-hybridized carbons (Fsp3) is 0.316. The molecule has 0 radical (unpaired) electrons. The Bertz CT molecular complexity index is 868. The van der Waals surface area contributed by atoms with E-state index in [1.807, 2.05) is 41.3 Å². The lowest BCUT2D eigenvalue weighted by Crippen LogP contribution is -2.65. The molecule has 2 atom stereocenters. The van der Waals surface area contributed by atoms with Gasteiger partial charge in [0.25, 0.3) is 5.91 Å². The molecule has 2 unspecified atom stereocenters. The highest BCUT2D eigenvalue weighted by molar-refractivity contribution is 6.04. The van der Waals surface area contributed by atoms with Crippen LogP contribution in [0, 0.1) is 0 Å². The van der Waals surface area contributed by atoms with E-state index in [0.717, 1.165) is 5.75 Å². The van der Waals surface area contributed by atoms with Crippen LogP contribution in [0.2, 0.25) is 0 Å². The molecule has 9 heteroatoms. The first-order valence-corrected chi connectivity index (χ1v) is 8.99. The Balaban J connectivity index is 1.52. The van der Waals surface area contributed by atoms with E-state index < -0.39 is 18.2 Å². The zero-order valence-corrected chi connectivity index (χ0v) is 15.4. The number of guanidine groups is 1. The molecule has 3 heterocycles. The number of ether oxygens (including phenoxy) is 1. The number of likely N-dealkylation sites (N-methyl/N-ethyl adjacent to an activating group) is 1. The molecule has 0 spiro atoms. The Morgan fingerprint density at radius 3 is 2.75 bits per heavy atom. The Labute approximate surface area is 162 Å². The molecule has 146 valence electrons. The van der Waals surface area contributed by atoms with Gasteiger partial charge < -0.3 is 24.3 Å². The molecule has 1 aromatic carbocycles. The minimum Gasteiger partial charge on any atom is -0.492 e. The second-order valence-corrected chi connectivity index (χ2v) is 6.51. The van der Waals surface area contributed by atoms with E-state index in [0.29, 0.717) is 31.4 Å². The summed E-state index contributed by atoms with van der Waals surface area (Å²) in [6.45, 7) is 1.11. The number of benzene rings is 1. The number of nitrogens with one attached hydrogen (secondary N) is 2. The molecule has 0 bridgehead atoms. The van der Waals surface area contributed by atoms with Gasteiger partial charge in [0.2, 0.25) is 0 Å². The van der Waals surface area contributed by atoms with Crippen molar-refractivity contribution in [3.63, 3.8) is 0 Å². The Morgan fingerprint density at radius 1 is 1.18 bits per heavy atom. The number of furan rings is 1. The lowest BCUT2D eigenvalue weighted by Gasteiger charge is -2.35. The Kier molecular flexibility index (Phi) is 4.88. The molecule has 2 saturated heterocycles. The Morgan fingerprint density at radius 2 is 2.00 bits per heavy atom. The summed E-state index contributed by atoms with van der Waals surface area (Å²) in [5, 5.41) is 5.57. The first-order valence-electron chi connectivity index (χ1n) is 8.99. The average molecular weight is 383 g/mol. The smallest absolute Gasteiger partial charge is 0.325 e. The number of aliphatic imine (C=N–C) groups is 1. The molecule has 2 fully saturated rings. The van der Waals surface area contributed by atoms with E-state index in [1.165, 1.54) is 4.90 Å². The maximum absolute atomic E-state index is 12.5. The summed E-state index contributed by atoms with van der Waals surface area (Å²) in [4.78, 5) is 32.3. The van der Waals surface area contributed by atoms with E-state index in [4.69, 9.17) is 9.15 Å². The molecule has 1 aromatic heterocycles. The topological polar surface area (TPSA) is 99.4 Å². The maximum Gasteiger partial charge on any atom is 0.325 e. The van der Waals surface area contributed by atoms with Crippen molar-refractivity contribution in [2.75, 3.05) is 20.2 Å². The van der Waals surface area contributed by atoms with Crippen LogP contribution in [0.15, 0.2) is 58.1 Å². The third kappa shape index (κ3) is 3.51. The van der Waals surface area contributed by atoms with Crippen LogP contribution in [0.3, 0.4) is 0 Å². The van der Waals surface area contributed by atoms with Crippen LogP contribution >= 0.6 is 0 Å². The number of para-hydroxylation sites is 1. The summed E-state index contributed by atoms with van der Waals surface area (Å²) >= 11 is 0. The molecular weight excluding hydrogens is 362 g/mol. The second kappa shape index (κ2) is 7.63. The van der Waals surface area contributed by atoms with Crippen molar-refractivity contribution in [1.29, 1.82) is 0 Å². The van der Waals surface area contributed by atoms with E-state index in [2.05, 4.69) is 15.6 Å². The average Bonchev–Trinajstić information content (AvgIpc) is 3.34. The molecular formula is C19H21N5O4. The molecule has 4 rings (SSSR count). The van der Waals surface area contributed by atoms with Gasteiger partial charge in [0, 0.05) is 7.05 Å². The molecule has 2 N–H and O–H groups in total. The van der Waals surface area contributed by atoms with E-state index >= 15 is 0 Å². The number of imide groups is 1. The zero-order valence-electron chi connectivity index (χ0n) is 15.4. The van der Waals surface area contributed by atoms with Gasteiger partial charge in [-0.15, -0.1) is 0 Å². The number of urea groups is 1. The van der Waals surface area contributed by atoms with Gasteiger partial charge in [-0.2, -0.15) is 0 Å². The number of carbonyl (C=O) groups is 2. The molecule has 9 nitrogen and oxygen atoms in total. The molecule has 0 aliphatic carbocycles. The van der Waals surface area contributed by atoms with Crippen LogP contribution in [0.25, 0.3) is 0 Å². The molecule has 3 amide bonds. The van der Waals surface area contributed by atoms with Crippen molar-refractivity contribution in [1.82, 2.24) is 20.4 Å². The summed E-state index contributed by atoms with van der Waals surface area (Å²) in [5.74, 6) is 1.63. The standard InChI is InChI=1S/C19H21N5O4/c1-23-16-15(17(25)22-19(23)26)24(9-11-28-13-6-3-2-4-7-13)18(21-16)20-12-14-8-5-10-27-14/h2-8,10,15-16H,9,11-12H2,1H3,(H,20,21)(H,22,25,26). The number of carbonyl (C=O) groups excluding carboxylic acids is 2. The van der Waals surface area contributed by atoms with Gasteiger partial charge >= 0.3 is 6.03 Å². The van der Waals surface area contributed by atoms with Crippen LogP contribution < -0.4 is 15.4 Å². The first kappa shape index (κ1) is 17.9. The summed E-state index contributed by atoms with van der Waals surface area (Å²) in [7, 11) is 1.64. The third-order valence-electron chi connectivity index (χ3n) is 4.73. The lowest BCUT2D eigenvalue weighted by molar-refractivity contribution is -0.127. The van der Waals surface area contributed by atoms with Gasteiger partial charge in [0.15, 0.2) is 12.0 Å². The van der Waals surface area contributed by atoms with E-state index in [-0.39, 0.29) is 5.91 Å². The maximum atomic E-state index is 12.5. The largest absolute Gasteiger partial charge is 0.492 e. The predicted octanol–water partition coefficient (Wildman–Crippen LogP) is 0.996. The van der Waals surface area contributed by atoms with Crippen LogP contribution in [0.5, 0.6) is 5.75 Å². The summed E-state index contributed by atoms with van der Waals surface area (Å²) in [6, 6.07) is 12.1. The first-order chi connectivity index (χ1) is 13.6. The fourth-order valence-corrected chi connectivity index (χ4v) is 3.30.